The molecule has 4 heteroatoms. The number of nitrogens with zero attached hydrogens (tertiary/aromatic N) is 1. The van der Waals surface area contributed by atoms with Crippen LogP contribution in [0.1, 0.15) is 0 Å². The highest BCUT2D eigenvalue weighted by Gasteiger charge is 2.06. The monoisotopic (exact) mass is 226 g/mol. The van der Waals surface area contributed by atoms with Crippen LogP contribution in [0.4, 0.5) is 5.82 Å². The van der Waals surface area contributed by atoms with Gasteiger partial charge in [-0.15, -0.1) is 0 Å². The molecule has 1 aromatic heterocycles. The first-order chi connectivity index (χ1) is 8.33. The molecular weight excluding hydrogens is 216 g/mol. The van der Waals surface area contributed by atoms with E-state index in [0.29, 0.717) is 17.2 Å². The van der Waals surface area contributed by atoms with Crippen LogP contribution in [0.25, 0.3) is 11.0 Å². The van der Waals surface area contributed by atoms with Crippen molar-refractivity contribution in [1.29, 1.82) is 0 Å². The number of ether oxygens (including phenoxy) is 1. The summed E-state index contributed by atoms with van der Waals surface area (Å²) in [4.78, 5) is 0. The van der Waals surface area contributed by atoms with E-state index < -0.39 is 0 Å². The van der Waals surface area contributed by atoms with Crippen molar-refractivity contribution in [2.75, 3.05) is 5.73 Å². The maximum absolute atomic E-state index is 5.69. The number of aromatic nitrogens is 1. The van der Waals surface area contributed by atoms with E-state index in [2.05, 4.69) is 5.16 Å². The Morgan fingerprint density at radius 3 is 2.65 bits per heavy atom. The van der Waals surface area contributed by atoms with Gasteiger partial charge >= 0.3 is 0 Å². The third-order valence-corrected chi connectivity index (χ3v) is 2.45. The number of rotatable bonds is 2. The fourth-order valence-corrected chi connectivity index (χ4v) is 1.62. The molecule has 0 radical (unpaired) electrons. The Kier molecular flexibility index (Phi) is 2.19. The fraction of sp³-hybridized carbons (Fsp3) is 0. The van der Waals surface area contributed by atoms with Crippen molar-refractivity contribution in [3.05, 3.63) is 48.5 Å². The number of hydrogen-bond donors (Lipinski definition) is 1. The van der Waals surface area contributed by atoms with Crippen LogP contribution in [0.2, 0.25) is 0 Å². The van der Waals surface area contributed by atoms with Gasteiger partial charge < -0.3 is 15.0 Å². The average Bonchev–Trinajstić information content (AvgIpc) is 2.73. The van der Waals surface area contributed by atoms with E-state index >= 15 is 0 Å². The lowest BCUT2D eigenvalue weighted by atomic mass is 10.2. The van der Waals surface area contributed by atoms with E-state index in [-0.39, 0.29) is 0 Å². The lowest BCUT2D eigenvalue weighted by Crippen LogP contribution is -1.85. The molecule has 3 aromatic rings. The number of anilines is 1. The predicted octanol–water partition coefficient (Wildman–Crippen LogP) is 3.20. The third-order valence-electron chi connectivity index (χ3n) is 2.45. The van der Waals surface area contributed by atoms with Gasteiger partial charge in [-0.3, -0.25) is 0 Å². The molecule has 0 aliphatic carbocycles. The molecule has 0 fully saturated rings. The standard InChI is InChI=1S/C13H10N2O2/c14-13-11-8-10(6-7-12(11)17-15-13)16-9-4-2-1-3-5-9/h1-8H,(H2,14,15). The first kappa shape index (κ1) is 9.72. The normalized spacial score (nSPS) is 10.6. The summed E-state index contributed by atoms with van der Waals surface area (Å²) >= 11 is 0. The van der Waals surface area contributed by atoms with Crippen LogP contribution in [0, 0.1) is 0 Å². The van der Waals surface area contributed by atoms with Gasteiger partial charge in [0.05, 0.1) is 5.39 Å². The molecule has 2 N–H and O–H groups in total. The number of benzene rings is 2. The number of nitrogens with two attached hydrogens (primary N) is 1. The molecule has 17 heavy (non-hydrogen) atoms. The van der Waals surface area contributed by atoms with Crippen LogP contribution in [0.15, 0.2) is 53.1 Å². The largest absolute Gasteiger partial charge is 0.457 e. The zero-order valence-electron chi connectivity index (χ0n) is 8.96. The maximum Gasteiger partial charge on any atom is 0.174 e. The van der Waals surface area contributed by atoms with Gasteiger partial charge in [-0.05, 0) is 30.3 Å². The number of fused-ring (bicyclic) bond motifs is 1. The Morgan fingerprint density at radius 2 is 1.82 bits per heavy atom. The molecule has 3 rings (SSSR count). The zero-order valence-corrected chi connectivity index (χ0v) is 8.96. The summed E-state index contributed by atoms with van der Waals surface area (Å²) in [7, 11) is 0. The predicted molar refractivity (Wildman–Crippen MR) is 64.9 cm³/mol. The van der Waals surface area contributed by atoms with E-state index in [0.717, 1.165) is 11.1 Å². The summed E-state index contributed by atoms with van der Waals surface area (Å²) in [6.07, 6.45) is 0. The second-order valence-corrected chi connectivity index (χ2v) is 3.64. The molecule has 4 nitrogen and oxygen atoms in total. The fourth-order valence-electron chi connectivity index (χ4n) is 1.62. The zero-order chi connectivity index (χ0) is 11.7. The molecule has 0 saturated carbocycles. The molecule has 0 aliphatic heterocycles. The SMILES string of the molecule is Nc1noc2ccc(Oc3ccccc3)cc12. The van der Waals surface area contributed by atoms with Gasteiger partial charge in [0.25, 0.3) is 0 Å². The highest BCUT2D eigenvalue weighted by Crippen LogP contribution is 2.28. The van der Waals surface area contributed by atoms with E-state index in [1.165, 1.54) is 0 Å². The molecule has 0 atom stereocenters. The summed E-state index contributed by atoms with van der Waals surface area (Å²) < 4.78 is 10.7. The first-order valence-corrected chi connectivity index (χ1v) is 5.21. The minimum Gasteiger partial charge on any atom is -0.457 e. The minimum absolute atomic E-state index is 0.374. The molecule has 0 saturated heterocycles. The molecule has 0 amide bonds. The quantitative estimate of drug-likeness (QED) is 0.728. The van der Waals surface area contributed by atoms with Crippen LogP contribution in [0.5, 0.6) is 11.5 Å². The van der Waals surface area contributed by atoms with E-state index in [1.54, 1.807) is 6.07 Å². The molecule has 84 valence electrons. The highest BCUT2D eigenvalue weighted by molar-refractivity contribution is 5.88. The van der Waals surface area contributed by atoms with Gasteiger partial charge in [-0.1, -0.05) is 23.4 Å². The Bertz CT molecular complexity index is 647. The Labute approximate surface area is 97.6 Å². The van der Waals surface area contributed by atoms with Crippen molar-refractivity contribution < 1.29 is 9.26 Å². The first-order valence-electron chi connectivity index (χ1n) is 5.21. The van der Waals surface area contributed by atoms with Gasteiger partial charge in [0, 0.05) is 0 Å². The van der Waals surface area contributed by atoms with Crippen LogP contribution in [-0.4, -0.2) is 5.16 Å². The Balaban J connectivity index is 1.98. The van der Waals surface area contributed by atoms with Gasteiger partial charge in [-0.25, -0.2) is 0 Å². The molecular formula is C13H10N2O2. The van der Waals surface area contributed by atoms with Gasteiger partial charge in [0.15, 0.2) is 11.4 Å². The molecule has 0 aliphatic rings. The topological polar surface area (TPSA) is 61.3 Å². The van der Waals surface area contributed by atoms with Crippen LogP contribution in [-0.2, 0) is 0 Å². The second kappa shape index (κ2) is 3.83. The lowest BCUT2D eigenvalue weighted by molar-refractivity contribution is 0.459. The lowest BCUT2D eigenvalue weighted by Gasteiger charge is -2.04. The summed E-state index contributed by atoms with van der Waals surface area (Å²) in [6.45, 7) is 0. The van der Waals surface area contributed by atoms with Crippen LogP contribution < -0.4 is 10.5 Å². The van der Waals surface area contributed by atoms with E-state index in [9.17, 15) is 0 Å². The molecule has 0 bridgehead atoms. The van der Waals surface area contributed by atoms with Crippen LogP contribution in [0.3, 0.4) is 0 Å². The number of para-hydroxylation sites is 1. The van der Waals surface area contributed by atoms with Gasteiger partial charge in [0.2, 0.25) is 0 Å². The second-order valence-electron chi connectivity index (χ2n) is 3.64. The smallest absolute Gasteiger partial charge is 0.174 e. The van der Waals surface area contributed by atoms with E-state index in [1.807, 2.05) is 42.5 Å². The Morgan fingerprint density at radius 1 is 1.00 bits per heavy atom. The number of hydrogen-bond acceptors (Lipinski definition) is 4. The highest BCUT2D eigenvalue weighted by atomic mass is 16.5. The summed E-state index contributed by atoms with van der Waals surface area (Å²) in [5.74, 6) is 1.86. The van der Waals surface area contributed by atoms with Crippen molar-refractivity contribution in [2.45, 2.75) is 0 Å². The molecule has 1 heterocycles. The maximum atomic E-state index is 5.69. The van der Waals surface area contributed by atoms with Crippen molar-refractivity contribution >= 4 is 16.8 Å². The van der Waals surface area contributed by atoms with Crippen molar-refractivity contribution in [3.8, 4) is 11.5 Å². The summed E-state index contributed by atoms with van der Waals surface area (Å²) in [5.41, 5.74) is 6.33. The van der Waals surface area contributed by atoms with Crippen molar-refractivity contribution in [3.63, 3.8) is 0 Å². The average molecular weight is 226 g/mol. The van der Waals surface area contributed by atoms with Crippen LogP contribution >= 0.6 is 0 Å². The van der Waals surface area contributed by atoms with Gasteiger partial charge in [0.1, 0.15) is 11.5 Å². The third kappa shape index (κ3) is 1.80. The Hall–Kier alpha value is -2.49. The van der Waals surface area contributed by atoms with Gasteiger partial charge in [-0.2, -0.15) is 0 Å². The van der Waals surface area contributed by atoms with Crippen molar-refractivity contribution in [1.82, 2.24) is 5.16 Å². The molecule has 2 aromatic carbocycles. The molecule has 0 unspecified atom stereocenters. The van der Waals surface area contributed by atoms with Crippen molar-refractivity contribution in [2.24, 2.45) is 0 Å². The summed E-state index contributed by atoms with van der Waals surface area (Å²) in [6, 6.07) is 15.0. The molecule has 0 spiro atoms. The van der Waals surface area contributed by atoms with E-state index in [4.69, 9.17) is 15.0 Å². The number of nitrogen functional groups attached to an aromatic ring is 1. The summed E-state index contributed by atoms with van der Waals surface area (Å²) in [5, 5.41) is 4.45. The minimum atomic E-state index is 0.374.